The van der Waals surface area contributed by atoms with E-state index < -0.39 is 16.9 Å². The number of benzene rings is 2. The zero-order valence-electron chi connectivity index (χ0n) is 12.6. The van der Waals surface area contributed by atoms with Gasteiger partial charge in [0.25, 0.3) is 5.69 Å². The number of hydrogen-bond acceptors (Lipinski definition) is 6. The summed E-state index contributed by atoms with van der Waals surface area (Å²) in [5.41, 5.74) is -0.281. The Morgan fingerprint density at radius 2 is 1.79 bits per heavy atom. The Balaban J connectivity index is 2.28. The van der Waals surface area contributed by atoms with Crippen molar-refractivity contribution in [1.82, 2.24) is 0 Å². The highest BCUT2D eigenvalue weighted by atomic mass is 32.2. The fraction of sp³-hybridized carbons (Fsp3) is 0.125. The lowest BCUT2D eigenvalue weighted by molar-refractivity contribution is -0.385. The standard InChI is InChI=1S/C16H13NO6S/c1-2-23-16(20)13-8-7-12(9-14(13)17(21)22)24-11-5-3-10(4-6-11)15(18)19/h3-9H,2H2,1H3,(H,18,19). The molecule has 1 N–H and O–H groups in total. The third kappa shape index (κ3) is 4.11. The van der Waals surface area contributed by atoms with Gasteiger partial charge in [0, 0.05) is 15.9 Å². The quantitative estimate of drug-likeness (QED) is 0.483. The average molecular weight is 347 g/mol. The van der Waals surface area contributed by atoms with Crippen molar-refractivity contribution < 1.29 is 24.4 Å². The molecule has 0 aliphatic heterocycles. The summed E-state index contributed by atoms with van der Waals surface area (Å²) in [6, 6.07) is 10.3. The molecule has 0 saturated heterocycles. The molecule has 0 aromatic heterocycles. The summed E-state index contributed by atoms with van der Waals surface area (Å²) in [5, 5.41) is 20.0. The van der Waals surface area contributed by atoms with Crippen LogP contribution in [0.2, 0.25) is 0 Å². The zero-order chi connectivity index (χ0) is 17.7. The molecule has 0 aliphatic rings. The largest absolute Gasteiger partial charge is 0.478 e. The van der Waals surface area contributed by atoms with E-state index in [2.05, 4.69) is 0 Å². The molecule has 0 spiro atoms. The summed E-state index contributed by atoms with van der Waals surface area (Å²) in [6.45, 7) is 1.75. The van der Waals surface area contributed by atoms with E-state index >= 15 is 0 Å². The van der Waals surface area contributed by atoms with E-state index in [9.17, 15) is 19.7 Å². The first-order valence-corrected chi connectivity index (χ1v) is 7.70. The summed E-state index contributed by atoms with van der Waals surface area (Å²) in [4.78, 5) is 34.4. The van der Waals surface area contributed by atoms with E-state index in [-0.39, 0.29) is 23.4 Å². The third-order valence-electron chi connectivity index (χ3n) is 3.00. The summed E-state index contributed by atoms with van der Waals surface area (Å²) in [7, 11) is 0. The molecule has 0 bridgehead atoms. The van der Waals surface area contributed by atoms with Crippen molar-refractivity contribution in [3.63, 3.8) is 0 Å². The van der Waals surface area contributed by atoms with E-state index in [1.54, 1.807) is 25.1 Å². The maximum Gasteiger partial charge on any atom is 0.345 e. The van der Waals surface area contributed by atoms with Gasteiger partial charge in [0.05, 0.1) is 17.1 Å². The molecule has 0 heterocycles. The first-order chi connectivity index (χ1) is 11.4. The van der Waals surface area contributed by atoms with Crippen molar-refractivity contribution in [3.05, 3.63) is 63.7 Å². The first-order valence-electron chi connectivity index (χ1n) is 6.89. The number of nitro benzene ring substituents is 1. The van der Waals surface area contributed by atoms with Crippen LogP contribution in [0.5, 0.6) is 0 Å². The van der Waals surface area contributed by atoms with Crippen LogP contribution in [0.25, 0.3) is 0 Å². The minimum atomic E-state index is -1.03. The van der Waals surface area contributed by atoms with Gasteiger partial charge in [-0.25, -0.2) is 9.59 Å². The van der Waals surface area contributed by atoms with Gasteiger partial charge >= 0.3 is 11.9 Å². The Kier molecular flexibility index (Phi) is 5.54. The van der Waals surface area contributed by atoms with Crippen molar-refractivity contribution in [3.8, 4) is 0 Å². The number of rotatable bonds is 6. The maximum absolute atomic E-state index is 11.8. The average Bonchev–Trinajstić information content (AvgIpc) is 2.55. The van der Waals surface area contributed by atoms with Gasteiger partial charge in [0.2, 0.25) is 0 Å². The second-order valence-corrected chi connectivity index (χ2v) is 5.74. The summed E-state index contributed by atoms with van der Waals surface area (Å²) >= 11 is 1.22. The Morgan fingerprint density at radius 1 is 1.17 bits per heavy atom. The Bertz CT molecular complexity index is 788. The predicted octanol–water partition coefficient (Wildman–Crippen LogP) is 3.62. The van der Waals surface area contributed by atoms with Gasteiger partial charge in [-0.15, -0.1) is 0 Å². The van der Waals surface area contributed by atoms with Crippen LogP contribution in [0.1, 0.15) is 27.6 Å². The normalized spacial score (nSPS) is 10.2. The van der Waals surface area contributed by atoms with Crippen LogP contribution in [0.3, 0.4) is 0 Å². The van der Waals surface area contributed by atoms with E-state index in [0.717, 1.165) is 4.90 Å². The van der Waals surface area contributed by atoms with Crippen LogP contribution >= 0.6 is 11.8 Å². The Morgan fingerprint density at radius 3 is 2.33 bits per heavy atom. The van der Waals surface area contributed by atoms with Gasteiger partial charge in [-0.3, -0.25) is 10.1 Å². The monoisotopic (exact) mass is 347 g/mol. The molecule has 0 amide bonds. The highest BCUT2D eigenvalue weighted by Crippen LogP contribution is 2.32. The lowest BCUT2D eigenvalue weighted by atomic mass is 10.2. The fourth-order valence-electron chi connectivity index (χ4n) is 1.91. The minimum absolute atomic E-state index is 0.104. The summed E-state index contributed by atoms with van der Waals surface area (Å²) < 4.78 is 4.81. The number of carbonyl (C=O) groups excluding carboxylic acids is 1. The summed E-state index contributed by atoms with van der Waals surface area (Å²) in [5.74, 6) is -1.77. The number of ether oxygens (including phenoxy) is 1. The Labute approximate surface area is 141 Å². The summed E-state index contributed by atoms with van der Waals surface area (Å²) in [6.07, 6.45) is 0. The molecule has 0 radical (unpaired) electrons. The minimum Gasteiger partial charge on any atom is -0.478 e. The molecule has 0 unspecified atom stereocenters. The molecule has 124 valence electrons. The second-order valence-electron chi connectivity index (χ2n) is 4.59. The number of esters is 1. The molecule has 24 heavy (non-hydrogen) atoms. The van der Waals surface area contributed by atoms with E-state index in [1.165, 1.54) is 36.0 Å². The number of aromatic carboxylic acids is 1. The van der Waals surface area contributed by atoms with Gasteiger partial charge in [-0.05, 0) is 43.3 Å². The lowest BCUT2D eigenvalue weighted by Gasteiger charge is -2.06. The van der Waals surface area contributed by atoms with Gasteiger partial charge in [-0.2, -0.15) is 0 Å². The molecule has 8 heteroatoms. The zero-order valence-corrected chi connectivity index (χ0v) is 13.4. The van der Waals surface area contributed by atoms with Crippen molar-refractivity contribution in [2.45, 2.75) is 16.7 Å². The number of carbonyl (C=O) groups is 2. The van der Waals surface area contributed by atoms with Crippen LogP contribution in [0.4, 0.5) is 5.69 Å². The molecule has 0 atom stereocenters. The van der Waals surface area contributed by atoms with Crippen LogP contribution in [0.15, 0.2) is 52.3 Å². The predicted molar refractivity (Wildman–Crippen MR) is 86.6 cm³/mol. The van der Waals surface area contributed by atoms with E-state index in [0.29, 0.717) is 4.90 Å². The van der Waals surface area contributed by atoms with Gasteiger partial charge in [0.1, 0.15) is 5.56 Å². The van der Waals surface area contributed by atoms with Crippen LogP contribution in [-0.2, 0) is 4.74 Å². The fourth-order valence-corrected chi connectivity index (χ4v) is 2.76. The molecule has 0 fully saturated rings. The first kappa shape index (κ1) is 17.5. The topological polar surface area (TPSA) is 107 Å². The van der Waals surface area contributed by atoms with Gasteiger partial charge < -0.3 is 9.84 Å². The van der Waals surface area contributed by atoms with Crippen molar-refractivity contribution in [2.24, 2.45) is 0 Å². The number of carboxylic acids is 1. The Hall–Kier alpha value is -2.87. The van der Waals surface area contributed by atoms with Crippen molar-refractivity contribution >= 4 is 29.4 Å². The number of carboxylic acid groups (broad SMARTS) is 1. The van der Waals surface area contributed by atoms with Crippen molar-refractivity contribution in [1.29, 1.82) is 0 Å². The molecule has 0 saturated carbocycles. The van der Waals surface area contributed by atoms with Crippen LogP contribution < -0.4 is 0 Å². The highest BCUT2D eigenvalue weighted by molar-refractivity contribution is 7.99. The van der Waals surface area contributed by atoms with Crippen LogP contribution in [0, 0.1) is 10.1 Å². The SMILES string of the molecule is CCOC(=O)c1ccc(Sc2ccc(C(=O)O)cc2)cc1[N+](=O)[O-]. The third-order valence-corrected chi connectivity index (χ3v) is 4.00. The van der Waals surface area contributed by atoms with Gasteiger partial charge in [0.15, 0.2) is 0 Å². The highest BCUT2D eigenvalue weighted by Gasteiger charge is 2.22. The maximum atomic E-state index is 11.8. The second kappa shape index (κ2) is 7.60. The molecule has 2 aromatic rings. The van der Waals surface area contributed by atoms with Crippen LogP contribution in [-0.4, -0.2) is 28.6 Å². The number of hydrogen-bond donors (Lipinski definition) is 1. The lowest BCUT2D eigenvalue weighted by Crippen LogP contribution is -2.07. The van der Waals surface area contributed by atoms with E-state index in [1.807, 2.05) is 0 Å². The smallest absolute Gasteiger partial charge is 0.345 e. The number of nitrogens with zero attached hydrogens (tertiary/aromatic N) is 1. The molecule has 0 aliphatic carbocycles. The molecule has 2 aromatic carbocycles. The molecular formula is C16H13NO6S. The van der Waals surface area contributed by atoms with Gasteiger partial charge in [-0.1, -0.05) is 11.8 Å². The van der Waals surface area contributed by atoms with Crippen molar-refractivity contribution in [2.75, 3.05) is 6.61 Å². The van der Waals surface area contributed by atoms with E-state index in [4.69, 9.17) is 9.84 Å². The molecule has 7 nitrogen and oxygen atoms in total. The number of nitro groups is 1. The molecule has 2 rings (SSSR count). The molecular weight excluding hydrogens is 334 g/mol.